The summed E-state index contributed by atoms with van der Waals surface area (Å²) in [4.78, 5) is 35.4. The van der Waals surface area contributed by atoms with Crippen molar-refractivity contribution in [3.63, 3.8) is 0 Å². The number of benzene rings is 1. The van der Waals surface area contributed by atoms with Crippen molar-refractivity contribution in [2.24, 2.45) is 11.3 Å². The molecular weight excluding hydrogens is 379 g/mol. The van der Waals surface area contributed by atoms with Gasteiger partial charge in [0, 0.05) is 11.8 Å². The van der Waals surface area contributed by atoms with Gasteiger partial charge in [-0.15, -0.1) is 0 Å². The molecule has 5 nitrogen and oxygen atoms in total. The molecule has 1 unspecified atom stereocenters. The molecule has 142 valence electrons. The first kappa shape index (κ1) is 20.7. The zero-order chi connectivity index (χ0) is 19.3. The first-order valence-electron chi connectivity index (χ1n) is 8.65. The summed E-state index contributed by atoms with van der Waals surface area (Å²) >= 11 is 11.8. The lowest BCUT2D eigenvalue weighted by molar-refractivity contribution is -0.146. The number of Topliss-reactive ketones (excluding diaryl/α,β-unsaturated/α-hetero) is 1. The van der Waals surface area contributed by atoms with E-state index in [-0.39, 0.29) is 31.5 Å². The molecule has 1 saturated carbocycles. The summed E-state index contributed by atoms with van der Waals surface area (Å²) in [6, 6.07) is 4.96. The van der Waals surface area contributed by atoms with E-state index in [2.05, 4.69) is 0 Å². The van der Waals surface area contributed by atoms with Gasteiger partial charge in [0.2, 0.25) is 0 Å². The Morgan fingerprint density at radius 1 is 1.08 bits per heavy atom. The number of halogens is 2. The molecule has 0 aliphatic heterocycles. The van der Waals surface area contributed by atoms with Crippen molar-refractivity contribution in [3.05, 3.63) is 33.8 Å². The van der Waals surface area contributed by atoms with Crippen LogP contribution in [0.4, 0.5) is 0 Å². The van der Waals surface area contributed by atoms with Crippen LogP contribution in [-0.2, 0) is 20.8 Å². The van der Waals surface area contributed by atoms with Crippen molar-refractivity contribution < 1.29 is 24.6 Å². The minimum Gasteiger partial charge on any atom is -0.481 e. The van der Waals surface area contributed by atoms with Crippen LogP contribution in [0, 0.1) is 11.3 Å². The highest BCUT2D eigenvalue weighted by molar-refractivity contribution is 6.42. The highest BCUT2D eigenvalue weighted by Gasteiger charge is 2.42. The molecule has 26 heavy (non-hydrogen) atoms. The van der Waals surface area contributed by atoms with Crippen molar-refractivity contribution >= 4 is 40.9 Å². The molecule has 2 rings (SSSR count). The van der Waals surface area contributed by atoms with E-state index in [0.717, 1.165) is 18.4 Å². The number of hydrogen-bond donors (Lipinski definition) is 2. The number of carboxylic acids is 2. The Bertz CT molecular complexity index is 695. The highest BCUT2D eigenvalue weighted by atomic mass is 35.5. The maximum absolute atomic E-state index is 12.7. The van der Waals surface area contributed by atoms with Crippen LogP contribution < -0.4 is 0 Å². The number of ketones is 1. The Balaban J connectivity index is 2.03. The van der Waals surface area contributed by atoms with Crippen molar-refractivity contribution in [2.45, 2.75) is 51.4 Å². The number of rotatable bonds is 9. The van der Waals surface area contributed by atoms with Crippen molar-refractivity contribution in [1.29, 1.82) is 0 Å². The van der Waals surface area contributed by atoms with Gasteiger partial charge in [-0.05, 0) is 43.4 Å². The minimum atomic E-state index is -0.984. The van der Waals surface area contributed by atoms with Crippen LogP contribution in [0.1, 0.15) is 50.5 Å². The average Bonchev–Trinajstić information content (AvgIpc) is 3.03. The quantitative estimate of drug-likeness (QED) is 0.630. The summed E-state index contributed by atoms with van der Waals surface area (Å²) in [5.41, 5.74) is -0.0845. The van der Waals surface area contributed by atoms with Gasteiger partial charge < -0.3 is 10.2 Å². The second-order valence-corrected chi connectivity index (χ2v) is 7.82. The number of carboxylic acid groups (broad SMARTS) is 2. The molecule has 1 atom stereocenters. The van der Waals surface area contributed by atoms with Crippen LogP contribution in [0.5, 0.6) is 0 Å². The van der Waals surface area contributed by atoms with E-state index in [1.165, 1.54) is 0 Å². The molecule has 0 bridgehead atoms. The molecule has 0 radical (unpaired) electrons. The first-order valence-corrected chi connectivity index (χ1v) is 9.41. The van der Waals surface area contributed by atoms with Gasteiger partial charge in [0.15, 0.2) is 0 Å². The first-order chi connectivity index (χ1) is 12.2. The van der Waals surface area contributed by atoms with E-state index in [1.807, 2.05) is 0 Å². The van der Waals surface area contributed by atoms with Gasteiger partial charge >= 0.3 is 11.9 Å². The zero-order valence-electron chi connectivity index (χ0n) is 14.3. The second-order valence-electron chi connectivity index (χ2n) is 7.01. The molecule has 1 aromatic carbocycles. The standard InChI is InChI=1S/C19H22Cl2O5/c20-14-5-3-12(10-15(14)21)9-13(18(25)26)4-6-16(22)19(11-17(23)24)7-1-2-8-19/h3,5,10,13H,1-2,4,6-9,11H2,(H,23,24)(H,25,26). The molecule has 1 aromatic rings. The molecule has 0 amide bonds. The predicted molar refractivity (Wildman–Crippen MR) is 98.7 cm³/mol. The summed E-state index contributed by atoms with van der Waals surface area (Å²) in [6.07, 6.45) is 3.14. The Kier molecular flexibility index (Phi) is 7.07. The maximum Gasteiger partial charge on any atom is 0.306 e. The fourth-order valence-electron chi connectivity index (χ4n) is 3.73. The third-order valence-electron chi connectivity index (χ3n) is 5.18. The summed E-state index contributed by atoms with van der Waals surface area (Å²) in [5.74, 6) is -2.83. The highest BCUT2D eigenvalue weighted by Crippen LogP contribution is 2.43. The van der Waals surface area contributed by atoms with Crippen LogP contribution in [0.2, 0.25) is 10.0 Å². The number of aliphatic carboxylic acids is 2. The van der Waals surface area contributed by atoms with E-state index in [1.54, 1.807) is 18.2 Å². The zero-order valence-corrected chi connectivity index (χ0v) is 15.9. The van der Waals surface area contributed by atoms with E-state index < -0.39 is 23.3 Å². The normalized spacial score (nSPS) is 17.0. The van der Waals surface area contributed by atoms with Crippen LogP contribution in [0.25, 0.3) is 0 Å². The Morgan fingerprint density at radius 2 is 1.73 bits per heavy atom. The third-order valence-corrected chi connectivity index (χ3v) is 5.92. The van der Waals surface area contributed by atoms with E-state index in [4.69, 9.17) is 28.3 Å². The van der Waals surface area contributed by atoms with Gasteiger partial charge in [0.1, 0.15) is 5.78 Å². The number of carbonyl (C=O) groups excluding carboxylic acids is 1. The largest absolute Gasteiger partial charge is 0.481 e. The monoisotopic (exact) mass is 400 g/mol. The molecule has 0 heterocycles. The van der Waals surface area contributed by atoms with Gasteiger partial charge in [-0.1, -0.05) is 42.1 Å². The summed E-state index contributed by atoms with van der Waals surface area (Å²) in [6.45, 7) is 0. The van der Waals surface area contributed by atoms with Crippen LogP contribution >= 0.6 is 23.2 Å². The van der Waals surface area contributed by atoms with Gasteiger partial charge in [0.05, 0.1) is 22.4 Å². The molecule has 1 aliphatic carbocycles. The molecule has 0 aromatic heterocycles. The molecule has 7 heteroatoms. The predicted octanol–water partition coefficient (Wildman–Crippen LogP) is 4.62. The van der Waals surface area contributed by atoms with Gasteiger partial charge in [-0.25, -0.2) is 0 Å². The fraction of sp³-hybridized carbons (Fsp3) is 0.526. The van der Waals surface area contributed by atoms with E-state index in [0.29, 0.717) is 22.9 Å². The molecule has 0 spiro atoms. The van der Waals surface area contributed by atoms with Crippen molar-refractivity contribution in [2.75, 3.05) is 0 Å². The average molecular weight is 401 g/mol. The van der Waals surface area contributed by atoms with Crippen LogP contribution in [-0.4, -0.2) is 27.9 Å². The lowest BCUT2D eigenvalue weighted by Gasteiger charge is -2.26. The molecule has 1 fully saturated rings. The molecule has 0 saturated heterocycles. The van der Waals surface area contributed by atoms with E-state index >= 15 is 0 Å². The van der Waals surface area contributed by atoms with Gasteiger partial charge in [0.25, 0.3) is 0 Å². The summed E-state index contributed by atoms with van der Waals surface area (Å²) in [7, 11) is 0. The minimum absolute atomic E-state index is 0.0750. The van der Waals surface area contributed by atoms with Crippen LogP contribution in [0.15, 0.2) is 18.2 Å². The lowest BCUT2D eigenvalue weighted by atomic mass is 9.76. The van der Waals surface area contributed by atoms with Crippen LogP contribution in [0.3, 0.4) is 0 Å². The van der Waals surface area contributed by atoms with Crippen molar-refractivity contribution in [1.82, 2.24) is 0 Å². The maximum atomic E-state index is 12.7. The summed E-state index contributed by atoms with van der Waals surface area (Å²) < 4.78 is 0. The van der Waals surface area contributed by atoms with Crippen molar-refractivity contribution in [3.8, 4) is 0 Å². The third kappa shape index (κ3) is 5.21. The molecule has 2 N–H and O–H groups in total. The smallest absolute Gasteiger partial charge is 0.306 e. The second kappa shape index (κ2) is 8.87. The summed E-state index contributed by atoms with van der Waals surface area (Å²) in [5, 5.41) is 19.4. The van der Waals surface area contributed by atoms with Gasteiger partial charge in [-0.3, -0.25) is 14.4 Å². The number of carbonyl (C=O) groups is 3. The Hall–Kier alpha value is -1.59. The number of hydrogen-bond acceptors (Lipinski definition) is 3. The Morgan fingerprint density at radius 3 is 2.27 bits per heavy atom. The van der Waals surface area contributed by atoms with Gasteiger partial charge in [-0.2, -0.15) is 0 Å². The topological polar surface area (TPSA) is 91.7 Å². The van der Waals surface area contributed by atoms with E-state index in [9.17, 15) is 19.5 Å². The SMILES string of the molecule is O=C(O)CC1(C(=O)CCC(Cc2ccc(Cl)c(Cl)c2)C(=O)O)CCCC1. The Labute approximate surface area is 162 Å². The molecule has 1 aliphatic rings. The fourth-order valence-corrected chi connectivity index (χ4v) is 4.05. The lowest BCUT2D eigenvalue weighted by Crippen LogP contribution is -2.31. The molecular formula is C19H22Cl2O5.